The molecule has 6 heteroatoms. The molecule has 1 aliphatic rings. The summed E-state index contributed by atoms with van der Waals surface area (Å²) in [6.45, 7) is 8.31. The summed E-state index contributed by atoms with van der Waals surface area (Å²) in [4.78, 5) is 11.5. The molecular weight excluding hydrogens is 302 g/mol. The Morgan fingerprint density at radius 3 is 2.23 bits per heavy atom. The molecule has 0 aliphatic carbocycles. The van der Waals surface area contributed by atoms with Gasteiger partial charge in [0.2, 0.25) is 10.0 Å². The molecule has 0 spiro atoms. The van der Waals surface area contributed by atoms with E-state index in [1.165, 1.54) is 10.4 Å². The van der Waals surface area contributed by atoms with Gasteiger partial charge in [0.25, 0.3) is 0 Å². The molecule has 122 valence electrons. The zero-order valence-electron chi connectivity index (χ0n) is 13.5. The van der Waals surface area contributed by atoms with Crippen LogP contribution in [0.3, 0.4) is 0 Å². The lowest BCUT2D eigenvalue weighted by Gasteiger charge is -2.34. The van der Waals surface area contributed by atoms with Crippen LogP contribution in [-0.4, -0.2) is 36.9 Å². The minimum Gasteiger partial charge on any atom is -0.478 e. The number of piperidine rings is 1. The smallest absolute Gasteiger partial charge is 0.336 e. The van der Waals surface area contributed by atoms with E-state index < -0.39 is 16.0 Å². The Labute approximate surface area is 132 Å². The fraction of sp³-hybridized carbons (Fsp3) is 0.562. The predicted molar refractivity (Wildman–Crippen MR) is 84.6 cm³/mol. The number of carbonyl (C=O) groups is 1. The predicted octanol–water partition coefficient (Wildman–Crippen LogP) is 2.67. The van der Waals surface area contributed by atoms with E-state index in [0.717, 1.165) is 6.42 Å². The van der Waals surface area contributed by atoms with Crippen LogP contribution in [0.4, 0.5) is 0 Å². The zero-order valence-corrected chi connectivity index (χ0v) is 14.3. The Morgan fingerprint density at radius 2 is 1.73 bits per heavy atom. The minimum absolute atomic E-state index is 0.0826. The molecule has 1 aromatic rings. The summed E-state index contributed by atoms with van der Waals surface area (Å²) in [5, 5.41) is 9.32. The summed E-state index contributed by atoms with van der Waals surface area (Å²) in [7, 11) is -3.66. The average molecular weight is 325 g/mol. The lowest BCUT2D eigenvalue weighted by molar-refractivity contribution is 0.0695. The van der Waals surface area contributed by atoms with Gasteiger partial charge < -0.3 is 5.11 Å². The molecular formula is C16H23NO4S. The first-order valence-electron chi connectivity index (χ1n) is 7.48. The van der Waals surface area contributed by atoms with Crippen LogP contribution < -0.4 is 0 Å². The fourth-order valence-corrected chi connectivity index (χ4v) is 5.29. The van der Waals surface area contributed by atoms with Crippen LogP contribution in [-0.2, 0) is 10.0 Å². The van der Waals surface area contributed by atoms with E-state index in [-0.39, 0.29) is 10.5 Å². The number of hydrogen-bond acceptors (Lipinski definition) is 3. The maximum Gasteiger partial charge on any atom is 0.336 e. The third-order valence-corrected chi connectivity index (χ3v) is 6.27. The van der Waals surface area contributed by atoms with Gasteiger partial charge in [0.1, 0.15) is 0 Å². The molecule has 1 N–H and O–H groups in total. The highest BCUT2D eigenvalue weighted by atomic mass is 32.2. The summed E-state index contributed by atoms with van der Waals surface area (Å²) in [6.07, 6.45) is 1.01. The molecule has 0 amide bonds. The van der Waals surface area contributed by atoms with Crippen molar-refractivity contribution in [1.82, 2.24) is 4.31 Å². The SMILES string of the molecule is Cc1ccc(S(=O)(=O)N2CC(C)CC(C)C2)c(C)c1C(=O)O. The molecule has 5 nitrogen and oxygen atoms in total. The van der Waals surface area contributed by atoms with Gasteiger partial charge in [-0.1, -0.05) is 19.9 Å². The van der Waals surface area contributed by atoms with E-state index >= 15 is 0 Å². The molecule has 0 saturated carbocycles. The monoisotopic (exact) mass is 325 g/mol. The highest BCUT2D eigenvalue weighted by Crippen LogP contribution is 2.30. The quantitative estimate of drug-likeness (QED) is 0.927. The standard InChI is InChI=1S/C16H23NO4S/c1-10-7-11(2)9-17(8-10)22(20,21)14-6-5-12(3)15(13(14)4)16(18)19/h5-6,10-11H,7-9H2,1-4H3,(H,18,19). The van der Waals surface area contributed by atoms with Gasteiger partial charge in [-0.25, -0.2) is 13.2 Å². The van der Waals surface area contributed by atoms with Crippen LogP contribution in [0.15, 0.2) is 17.0 Å². The van der Waals surface area contributed by atoms with Gasteiger partial charge in [-0.15, -0.1) is 0 Å². The average Bonchev–Trinajstić information content (AvgIpc) is 2.36. The first kappa shape index (κ1) is 17.0. The van der Waals surface area contributed by atoms with E-state index in [1.807, 2.05) is 13.8 Å². The number of nitrogens with zero attached hydrogens (tertiary/aromatic N) is 1. The number of hydrogen-bond donors (Lipinski definition) is 1. The Hall–Kier alpha value is -1.40. The van der Waals surface area contributed by atoms with E-state index in [4.69, 9.17) is 0 Å². The van der Waals surface area contributed by atoms with Crippen molar-refractivity contribution >= 4 is 16.0 Å². The Kier molecular flexibility index (Phi) is 4.63. The second-order valence-electron chi connectivity index (χ2n) is 6.45. The molecule has 1 heterocycles. The van der Waals surface area contributed by atoms with Crippen LogP contribution in [0.2, 0.25) is 0 Å². The van der Waals surface area contributed by atoms with Gasteiger partial charge in [-0.3, -0.25) is 0 Å². The highest BCUT2D eigenvalue weighted by molar-refractivity contribution is 7.89. The molecule has 0 radical (unpaired) electrons. The third kappa shape index (κ3) is 3.03. The van der Waals surface area contributed by atoms with Gasteiger partial charge in [0.15, 0.2) is 0 Å². The van der Waals surface area contributed by atoms with Crippen molar-refractivity contribution in [3.63, 3.8) is 0 Å². The fourth-order valence-electron chi connectivity index (χ4n) is 3.38. The number of sulfonamides is 1. The largest absolute Gasteiger partial charge is 0.478 e. The number of rotatable bonds is 3. The van der Waals surface area contributed by atoms with Crippen LogP contribution >= 0.6 is 0 Å². The van der Waals surface area contributed by atoms with Crippen molar-refractivity contribution in [3.8, 4) is 0 Å². The van der Waals surface area contributed by atoms with Gasteiger partial charge in [-0.05, 0) is 49.3 Å². The van der Waals surface area contributed by atoms with Crippen LogP contribution in [0.25, 0.3) is 0 Å². The molecule has 1 aromatic carbocycles. The first-order chi connectivity index (χ1) is 10.1. The molecule has 1 fully saturated rings. The number of carboxylic acid groups (broad SMARTS) is 1. The normalized spacial score (nSPS) is 23.5. The Bertz CT molecular complexity index is 686. The molecule has 2 rings (SSSR count). The number of carboxylic acids is 1. The van der Waals surface area contributed by atoms with Crippen molar-refractivity contribution in [3.05, 3.63) is 28.8 Å². The summed E-state index contributed by atoms with van der Waals surface area (Å²) >= 11 is 0. The Balaban J connectivity index is 2.50. The van der Waals surface area contributed by atoms with E-state index in [9.17, 15) is 18.3 Å². The van der Waals surface area contributed by atoms with Gasteiger partial charge in [-0.2, -0.15) is 4.31 Å². The second kappa shape index (κ2) is 6.01. The molecule has 0 aromatic heterocycles. The molecule has 1 aliphatic heterocycles. The van der Waals surface area contributed by atoms with Gasteiger partial charge >= 0.3 is 5.97 Å². The van der Waals surface area contributed by atoms with E-state index in [0.29, 0.717) is 36.1 Å². The van der Waals surface area contributed by atoms with Crippen molar-refractivity contribution in [2.75, 3.05) is 13.1 Å². The van der Waals surface area contributed by atoms with E-state index in [2.05, 4.69) is 0 Å². The van der Waals surface area contributed by atoms with Crippen molar-refractivity contribution in [2.24, 2.45) is 11.8 Å². The summed E-state index contributed by atoms with van der Waals surface area (Å²) in [6, 6.07) is 3.09. The molecule has 2 atom stereocenters. The summed E-state index contributed by atoms with van der Waals surface area (Å²) < 4.78 is 27.3. The van der Waals surface area contributed by atoms with Crippen LogP contribution in [0, 0.1) is 25.7 Å². The maximum absolute atomic E-state index is 12.9. The van der Waals surface area contributed by atoms with Gasteiger partial charge in [0.05, 0.1) is 10.5 Å². The molecule has 2 unspecified atom stereocenters. The molecule has 0 bridgehead atoms. The maximum atomic E-state index is 12.9. The summed E-state index contributed by atoms with van der Waals surface area (Å²) in [5.74, 6) is -0.473. The molecule has 22 heavy (non-hydrogen) atoms. The second-order valence-corrected chi connectivity index (χ2v) is 8.36. The Morgan fingerprint density at radius 1 is 1.18 bits per heavy atom. The number of benzene rings is 1. The first-order valence-corrected chi connectivity index (χ1v) is 8.92. The highest BCUT2D eigenvalue weighted by Gasteiger charge is 2.33. The lowest BCUT2D eigenvalue weighted by Crippen LogP contribution is -2.42. The van der Waals surface area contributed by atoms with E-state index in [1.54, 1.807) is 19.9 Å². The van der Waals surface area contributed by atoms with Crippen molar-refractivity contribution < 1.29 is 18.3 Å². The topological polar surface area (TPSA) is 74.7 Å². The number of aryl methyl sites for hydroxylation is 1. The third-order valence-electron chi connectivity index (χ3n) is 4.29. The zero-order chi connectivity index (χ0) is 16.7. The molecule has 1 saturated heterocycles. The van der Waals surface area contributed by atoms with Crippen LogP contribution in [0.1, 0.15) is 41.8 Å². The minimum atomic E-state index is -3.66. The lowest BCUT2D eigenvalue weighted by atomic mass is 9.94. The van der Waals surface area contributed by atoms with Crippen LogP contribution in [0.5, 0.6) is 0 Å². The summed E-state index contributed by atoms with van der Waals surface area (Å²) in [5.41, 5.74) is 0.974. The van der Waals surface area contributed by atoms with Gasteiger partial charge in [0, 0.05) is 13.1 Å². The van der Waals surface area contributed by atoms with Crippen molar-refractivity contribution in [2.45, 2.75) is 39.0 Å². The number of aromatic carboxylic acids is 1. The van der Waals surface area contributed by atoms with Crippen molar-refractivity contribution in [1.29, 1.82) is 0 Å².